The highest BCUT2D eigenvalue weighted by Gasteiger charge is 2.24. The molecule has 1 rings (SSSR count). The summed E-state index contributed by atoms with van der Waals surface area (Å²) in [4.78, 5) is 0.186. The molecule has 0 aliphatic carbocycles. The van der Waals surface area contributed by atoms with E-state index in [1.807, 2.05) is 11.5 Å². The van der Waals surface area contributed by atoms with Crippen LogP contribution in [-0.4, -0.2) is 58.4 Å². The molecule has 122 valence electrons. The van der Waals surface area contributed by atoms with Crippen molar-refractivity contribution in [1.29, 1.82) is 0 Å². The zero-order chi connectivity index (χ0) is 16.3. The second-order valence-corrected chi connectivity index (χ2v) is 9.24. The van der Waals surface area contributed by atoms with Gasteiger partial charge < -0.3 is 9.88 Å². The normalized spacial score (nSPS) is 13.0. The first-order valence-corrected chi connectivity index (χ1v) is 10.1. The van der Waals surface area contributed by atoms with Crippen LogP contribution in [0.3, 0.4) is 0 Å². The van der Waals surface area contributed by atoms with Gasteiger partial charge in [-0.1, -0.05) is 0 Å². The maximum Gasteiger partial charge on any atom is 0.244 e. The molecule has 0 radical (unpaired) electrons. The number of sulfone groups is 1. The quantitative estimate of drug-likeness (QED) is 0.715. The largest absolute Gasteiger partial charge is 0.349 e. The van der Waals surface area contributed by atoms with E-state index in [1.54, 1.807) is 19.3 Å². The van der Waals surface area contributed by atoms with Crippen LogP contribution in [-0.2, 0) is 33.0 Å². The summed E-state index contributed by atoms with van der Waals surface area (Å²) in [5, 5.41) is 2.99. The highest BCUT2D eigenvalue weighted by molar-refractivity contribution is 7.91. The summed E-state index contributed by atoms with van der Waals surface area (Å²) in [6.07, 6.45) is 2.67. The zero-order valence-electron chi connectivity index (χ0n) is 12.8. The maximum atomic E-state index is 12.4. The predicted octanol–water partition coefficient (Wildman–Crippen LogP) is -0.107. The van der Waals surface area contributed by atoms with Gasteiger partial charge in [0.05, 0.1) is 5.75 Å². The Morgan fingerprint density at radius 2 is 1.90 bits per heavy atom. The third-order valence-electron chi connectivity index (χ3n) is 3.14. The summed E-state index contributed by atoms with van der Waals surface area (Å²) in [6, 6.07) is 1.62. The third kappa shape index (κ3) is 4.80. The van der Waals surface area contributed by atoms with Gasteiger partial charge in [-0.15, -0.1) is 0 Å². The highest BCUT2D eigenvalue weighted by atomic mass is 32.2. The van der Waals surface area contributed by atoms with Gasteiger partial charge >= 0.3 is 0 Å². The van der Waals surface area contributed by atoms with E-state index in [1.165, 1.54) is 7.05 Å². The van der Waals surface area contributed by atoms with E-state index in [-0.39, 0.29) is 17.2 Å². The molecule has 0 aliphatic heterocycles. The van der Waals surface area contributed by atoms with Crippen LogP contribution in [0.4, 0.5) is 0 Å². The van der Waals surface area contributed by atoms with Crippen LogP contribution in [0.2, 0.25) is 0 Å². The van der Waals surface area contributed by atoms with Crippen LogP contribution in [0.15, 0.2) is 17.2 Å². The number of nitrogens with one attached hydrogen (secondary N) is 1. The van der Waals surface area contributed by atoms with Gasteiger partial charge in [0.25, 0.3) is 0 Å². The lowest BCUT2D eigenvalue weighted by atomic mass is 10.4. The van der Waals surface area contributed by atoms with Crippen molar-refractivity contribution in [3.05, 3.63) is 18.0 Å². The van der Waals surface area contributed by atoms with Crippen molar-refractivity contribution in [3.8, 4) is 0 Å². The van der Waals surface area contributed by atoms with Gasteiger partial charge in [-0.05, 0) is 20.0 Å². The number of sulfonamides is 1. The van der Waals surface area contributed by atoms with Gasteiger partial charge in [-0.25, -0.2) is 16.8 Å². The molecule has 0 amide bonds. The lowest BCUT2D eigenvalue weighted by molar-refractivity contribution is 0.484. The van der Waals surface area contributed by atoms with E-state index in [4.69, 9.17) is 0 Å². The van der Waals surface area contributed by atoms with Crippen LogP contribution < -0.4 is 5.32 Å². The Kier molecular flexibility index (Phi) is 5.97. The Balaban J connectivity index is 3.01. The van der Waals surface area contributed by atoms with Crippen molar-refractivity contribution in [3.63, 3.8) is 0 Å². The molecular weight excluding hydrogens is 314 g/mol. The molecule has 0 aliphatic rings. The van der Waals surface area contributed by atoms with Crippen molar-refractivity contribution in [2.24, 2.45) is 0 Å². The third-order valence-corrected chi connectivity index (χ3v) is 5.89. The van der Waals surface area contributed by atoms with Gasteiger partial charge in [0.1, 0.15) is 14.7 Å². The standard InChI is InChI=1S/C12H23N3O4S2/c1-5-15-10-12(8-11(15)9-13-2)21(18,19)14(3)6-7-20(4,16)17/h8,10,13H,5-7,9H2,1-4H3. The molecule has 0 saturated heterocycles. The Hall–Kier alpha value is -0.900. The average molecular weight is 337 g/mol. The molecule has 1 N–H and O–H groups in total. The van der Waals surface area contributed by atoms with E-state index in [2.05, 4.69) is 5.32 Å². The average Bonchev–Trinajstić information content (AvgIpc) is 2.79. The van der Waals surface area contributed by atoms with Crippen LogP contribution in [0.25, 0.3) is 0 Å². The van der Waals surface area contributed by atoms with Crippen molar-refractivity contribution in [2.75, 3.05) is 32.6 Å². The number of hydrogen-bond donors (Lipinski definition) is 1. The van der Waals surface area contributed by atoms with Gasteiger partial charge in [-0.2, -0.15) is 4.31 Å². The van der Waals surface area contributed by atoms with Crippen molar-refractivity contribution in [2.45, 2.75) is 24.9 Å². The molecule has 0 fully saturated rings. The zero-order valence-corrected chi connectivity index (χ0v) is 14.5. The van der Waals surface area contributed by atoms with Crippen molar-refractivity contribution in [1.82, 2.24) is 14.2 Å². The summed E-state index contributed by atoms with van der Waals surface area (Å²) in [7, 11) is -3.69. The lowest BCUT2D eigenvalue weighted by Gasteiger charge is -2.15. The van der Waals surface area contributed by atoms with E-state index >= 15 is 0 Å². The van der Waals surface area contributed by atoms with E-state index in [0.717, 1.165) is 16.3 Å². The van der Waals surface area contributed by atoms with Crippen LogP contribution in [0, 0.1) is 0 Å². The van der Waals surface area contributed by atoms with Gasteiger partial charge in [0, 0.05) is 44.8 Å². The molecule has 0 saturated carbocycles. The molecule has 0 unspecified atom stereocenters. The number of aromatic nitrogens is 1. The molecule has 0 atom stereocenters. The Morgan fingerprint density at radius 3 is 2.38 bits per heavy atom. The van der Waals surface area contributed by atoms with E-state index in [0.29, 0.717) is 13.1 Å². The summed E-state index contributed by atoms with van der Waals surface area (Å²) >= 11 is 0. The van der Waals surface area contributed by atoms with Crippen molar-refractivity contribution >= 4 is 19.9 Å². The summed E-state index contributed by atoms with van der Waals surface area (Å²) in [6.45, 7) is 3.11. The van der Waals surface area contributed by atoms with E-state index in [9.17, 15) is 16.8 Å². The molecule has 9 heteroatoms. The van der Waals surface area contributed by atoms with Gasteiger partial charge in [-0.3, -0.25) is 0 Å². The summed E-state index contributed by atoms with van der Waals surface area (Å²) in [5.41, 5.74) is 0.870. The SMILES string of the molecule is CCn1cc(S(=O)(=O)N(C)CCS(C)(=O)=O)cc1CNC. The molecular formula is C12H23N3O4S2. The molecule has 21 heavy (non-hydrogen) atoms. The van der Waals surface area contributed by atoms with Crippen LogP contribution >= 0.6 is 0 Å². The predicted molar refractivity (Wildman–Crippen MR) is 82.4 cm³/mol. The Morgan fingerprint density at radius 1 is 1.29 bits per heavy atom. The first-order chi connectivity index (χ1) is 9.61. The first kappa shape index (κ1) is 18.1. The maximum absolute atomic E-state index is 12.4. The topological polar surface area (TPSA) is 88.5 Å². The number of aryl methyl sites for hydroxylation is 1. The minimum atomic E-state index is -3.67. The molecule has 1 heterocycles. The fourth-order valence-electron chi connectivity index (χ4n) is 1.88. The minimum absolute atomic E-state index is 0.0557. The van der Waals surface area contributed by atoms with Crippen LogP contribution in [0.1, 0.15) is 12.6 Å². The molecule has 0 spiro atoms. The summed E-state index contributed by atoms with van der Waals surface area (Å²) in [5.74, 6) is -0.194. The van der Waals surface area contributed by atoms with Gasteiger partial charge in [0.2, 0.25) is 10.0 Å². The molecule has 1 aromatic rings. The smallest absolute Gasteiger partial charge is 0.244 e. The molecule has 7 nitrogen and oxygen atoms in total. The number of rotatable bonds is 8. The first-order valence-electron chi connectivity index (χ1n) is 6.59. The van der Waals surface area contributed by atoms with Gasteiger partial charge in [0.15, 0.2) is 0 Å². The fraction of sp³-hybridized carbons (Fsp3) is 0.667. The lowest BCUT2D eigenvalue weighted by Crippen LogP contribution is -2.31. The number of hydrogen-bond acceptors (Lipinski definition) is 5. The van der Waals surface area contributed by atoms with Crippen molar-refractivity contribution < 1.29 is 16.8 Å². The second kappa shape index (κ2) is 6.91. The minimum Gasteiger partial charge on any atom is -0.349 e. The van der Waals surface area contributed by atoms with Crippen LogP contribution in [0.5, 0.6) is 0 Å². The Labute approximate surface area is 126 Å². The second-order valence-electron chi connectivity index (χ2n) is 4.94. The molecule has 1 aromatic heterocycles. The fourth-order valence-corrected chi connectivity index (χ4v) is 3.84. The Bertz CT molecular complexity index is 677. The summed E-state index contributed by atoms with van der Waals surface area (Å²) < 4.78 is 50.1. The van der Waals surface area contributed by atoms with E-state index < -0.39 is 19.9 Å². The molecule has 0 aromatic carbocycles. The monoisotopic (exact) mass is 337 g/mol. The highest BCUT2D eigenvalue weighted by Crippen LogP contribution is 2.18. The molecule has 0 bridgehead atoms. The number of nitrogens with zero attached hydrogens (tertiary/aromatic N) is 2.